The third kappa shape index (κ3) is 4.71. The summed E-state index contributed by atoms with van der Waals surface area (Å²) in [6.07, 6.45) is 4.56. The predicted molar refractivity (Wildman–Crippen MR) is 136 cm³/mol. The number of fused-ring (bicyclic) bond motifs is 1. The molecule has 0 saturated carbocycles. The molecule has 5 rings (SSSR count). The van der Waals surface area contributed by atoms with Gasteiger partial charge >= 0.3 is 0 Å². The van der Waals surface area contributed by atoms with E-state index >= 15 is 0 Å². The van der Waals surface area contributed by atoms with Crippen molar-refractivity contribution in [2.45, 2.75) is 32.4 Å². The summed E-state index contributed by atoms with van der Waals surface area (Å²) >= 11 is 0. The lowest BCUT2D eigenvalue weighted by molar-refractivity contribution is -0.127. The average Bonchev–Trinajstić information content (AvgIpc) is 3.51. The Balaban J connectivity index is 1.45. The molecule has 0 aliphatic carbocycles. The molecule has 0 spiro atoms. The molecule has 3 heterocycles. The van der Waals surface area contributed by atoms with Gasteiger partial charge in [0.05, 0.1) is 18.0 Å². The summed E-state index contributed by atoms with van der Waals surface area (Å²) in [5.41, 5.74) is 8.31. The Morgan fingerprint density at radius 3 is 2.78 bits per heavy atom. The van der Waals surface area contributed by atoms with Crippen LogP contribution in [-0.4, -0.2) is 43.1 Å². The minimum Gasteiger partial charge on any atom is -0.457 e. The van der Waals surface area contributed by atoms with Gasteiger partial charge in [0.1, 0.15) is 46.8 Å². The van der Waals surface area contributed by atoms with Gasteiger partial charge in [-0.15, -0.1) is 0 Å². The summed E-state index contributed by atoms with van der Waals surface area (Å²) in [7, 11) is 0. The van der Waals surface area contributed by atoms with Crippen molar-refractivity contribution in [3.63, 3.8) is 0 Å². The number of likely N-dealkylation sites (tertiary alicyclic amines) is 1. The second kappa shape index (κ2) is 10.1. The molecule has 2 aromatic carbocycles. The van der Waals surface area contributed by atoms with Gasteiger partial charge in [-0.05, 0) is 56.2 Å². The van der Waals surface area contributed by atoms with Gasteiger partial charge in [0.15, 0.2) is 5.65 Å². The van der Waals surface area contributed by atoms with Crippen LogP contribution in [-0.2, 0) is 11.3 Å². The summed E-state index contributed by atoms with van der Waals surface area (Å²) in [5, 5.41) is 14.7. The molecule has 1 saturated heterocycles. The van der Waals surface area contributed by atoms with Crippen LogP contribution in [0.3, 0.4) is 0 Å². The monoisotopic (exact) mass is 497 g/mol. The number of anilines is 1. The molecule has 1 atom stereocenters. The quantitative estimate of drug-likeness (QED) is 0.308. The standard InChI is InChI=1S/C27H24FN7O2/c1-2-17(14-29)27(36)34-12-4-6-20(34)15-35-26-23(25(30)31-16-32-26)24(33-35)18-8-10-21(11-9-18)37-22-7-3-5-19(28)13-22/h2-3,5,7-11,13,16,20H,4,6,12,15H2,1H3,(H2,30,31,32)/b17-2-/t20-/m1/s1. The second-order valence-electron chi connectivity index (χ2n) is 8.68. The van der Waals surface area contributed by atoms with Crippen LogP contribution in [0.2, 0.25) is 0 Å². The number of amides is 1. The first-order valence-electron chi connectivity index (χ1n) is 11.9. The zero-order valence-electron chi connectivity index (χ0n) is 20.1. The lowest BCUT2D eigenvalue weighted by Gasteiger charge is -2.24. The molecule has 10 heteroatoms. The Morgan fingerprint density at radius 2 is 2.05 bits per heavy atom. The van der Waals surface area contributed by atoms with Gasteiger partial charge in [-0.3, -0.25) is 4.79 Å². The highest BCUT2D eigenvalue weighted by Crippen LogP contribution is 2.33. The van der Waals surface area contributed by atoms with Crippen molar-refractivity contribution >= 4 is 22.8 Å². The molecule has 9 nitrogen and oxygen atoms in total. The summed E-state index contributed by atoms with van der Waals surface area (Å²) in [6.45, 7) is 2.67. The number of carbonyl (C=O) groups is 1. The van der Waals surface area contributed by atoms with Crippen LogP contribution in [0, 0.1) is 17.1 Å². The third-order valence-corrected chi connectivity index (χ3v) is 6.38. The molecular formula is C27H24FN7O2. The van der Waals surface area contributed by atoms with Gasteiger partial charge in [-0.1, -0.05) is 12.1 Å². The van der Waals surface area contributed by atoms with E-state index in [9.17, 15) is 14.4 Å². The lowest BCUT2D eigenvalue weighted by atomic mass is 10.1. The zero-order chi connectivity index (χ0) is 25.9. The number of nitriles is 1. The molecule has 1 aliphatic rings. The van der Waals surface area contributed by atoms with Crippen LogP contribution in [0.15, 0.2) is 66.5 Å². The number of aromatic nitrogens is 4. The first-order chi connectivity index (χ1) is 18.0. The van der Waals surface area contributed by atoms with Crippen molar-refractivity contribution in [1.82, 2.24) is 24.6 Å². The second-order valence-corrected chi connectivity index (χ2v) is 8.68. The van der Waals surface area contributed by atoms with Crippen LogP contribution >= 0.6 is 0 Å². The topological polar surface area (TPSA) is 123 Å². The third-order valence-electron chi connectivity index (χ3n) is 6.38. The molecule has 1 aliphatic heterocycles. The number of carbonyl (C=O) groups excluding carboxylic acids is 1. The van der Waals surface area contributed by atoms with Crippen molar-refractivity contribution in [3.05, 3.63) is 72.3 Å². The number of nitrogens with zero attached hydrogens (tertiary/aromatic N) is 6. The van der Waals surface area contributed by atoms with Crippen LogP contribution in [0.5, 0.6) is 11.5 Å². The van der Waals surface area contributed by atoms with E-state index in [1.54, 1.807) is 40.8 Å². The minimum atomic E-state index is -0.376. The largest absolute Gasteiger partial charge is 0.457 e. The molecule has 37 heavy (non-hydrogen) atoms. The smallest absolute Gasteiger partial charge is 0.264 e. The Morgan fingerprint density at radius 1 is 1.24 bits per heavy atom. The van der Waals surface area contributed by atoms with Gasteiger partial charge in [-0.25, -0.2) is 19.0 Å². The lowest BCUT2D eigenvalue weighted by Crippen LogP contribution is -2.39. The maximum Gasteiger partial charge on any atom is 0.264 e. The molecule has 0 unspecified atom stereocenters. The van der Waals surface area contributed by atoms with Crippen LogP contribution in [0.4, 0.5) is 10.2 Å². The highest BCUT2D eigenvalue weighted by Gasteiger charge is 2.32. The number of nitrogen functional groups attached to an aromatic ring is 1. The number of halogens is 1. The Kier molecular flexibility index (Phi) is 6.51. The average molecular weight is 498 g/mol. The van der Waals surface area contributed by atoms with Crippen molar-refractivity contribution < 1.29 is 13.9 Å². The number of nitrogens with two attached hydrogens (primary N) is 1. The molecule has 1 amide bonds. The fourth-order valence-corrected chi connectivity index (χ4v) is 4.59. The zero-order valence-corrected chi connectivity index (χ0v) is 20.1. The molecule has 4 aromatic rings. The number of benzene rings is 2. The molecule has 2 N–H and O–H groups in total. The first kappa shape index (κ1) is 23.9. The van der Waals surface area contributed by atoms with Crippen LogP contribution in [0.25, 0.3) is 22.3 Å². The van der Waals surface area contributed by atoms with Gasteiger partial charge < -0.3 is 15.4 Å². The fraction of sp³-hybridized carbons (Fsp3) is 0.222. The Bertz CT molecular complexity index is 1540. The van der Waals surface area contributed by atoms with Crippen LogP contribution < -0.4 is 10.5 Å². The number of ether oxygens (including phenoxy) is 1. The van der Waals surface area contributed by atoms with Gasteiger partial charge in [0, 0.05) is 18.2 Å². The van der Waals surface area contributed by atoms with E-state index < -0.39 is 0 Å². The van der Waals surface area contributed by atoms with Crippen molar-refractivity contribution in [1.29, 1.82) is 5.26 Å². The normalized spacial score (nSPS) is 15.6. The summed E-state index contributed by atoms with van der Waals surface area (Å²) in [5.74, 6) is 0.588. The van der Waals surface area contributed by atoms with Gasteiger partial charge in [-0.2, -0.15) is 10.4 Å². The SMILES string of the molecule is C/C=C(/C#N)C(=O)N1CCC[C@@H]1Cn1nc(-c2ccc(Oc3cccc(F)c3)cc2)c2c(N)ncnc21. The maximum absolute atomic E-state index is 13.5. The number of hydrogen-bond acceptors (Lipinski definition) is 7. The fourth-order valence-electron chi connectivity index (χ4n) is 4.59. The maximum atomic E-state index is 13.5. The summed E-state index contributed by atoms with van der Waals surface area (Å²) in [6, 6.07) is 15.0. The Hall–Kier alpha value is -4.78. The van der Waals surface area contributed by atoms with Crippen molar-refractivity contribution in [3.8, 4) is 28.8 Å². The number of hydrogen-bond donors (Lipinski definition) is 1. The molecule has 1 fully saturated rings. The molecule has 186 valence electrons. The van der Waals surface area contributed by atoms with E-state index in [4.69, 9.17) is 15.6 Å². The van der Waals surface area contributed by atoms with E-state index in [1.807, 2.05) is 18.2 Å². The van der Waals surface area contributed by atoms with E-state index in [0.29, 0.717) is 47.1 Å². The van der Waals surface area contributed by atoms with Crippen LogP contribution in [0.1, 0.15) is 19.8 Å². The van der Waals surface area contributed by atoms with E-state index in [1.165, 1.54) is 24.5 Å². The number of rotatable bonds is 6. The van der Waals surface area contributed by atoms with Gasteiger partial charge in [0.2, 0.25) is 0 Å². The molecular weight excluding hydrogens is 473 g/mol. The molecule has 0 radical (unpaired) electrons. The predicted octanol–water partition coefficient (Wildman–Crippen LogP) is 4.47. The highest BCUT2D eigenvalue weighted by atomic mass is 19.1. The summed E-state index contributed by atoms with van der Waals surface area (Å²) < 4.78 is 21.0. The van der Waals surface area contributed by atoms with E-state index in [2.05, 4.69) is 9.97 Å². The van der Waals surface area contributed by atoms with Gasteiger partial charge in [0.25, 0.3) is 5.91 Å². The van der Waals surface area contributed by atoms with Crippen molar-refractivity contribution in [2.24, 2.45) is 0 Å². The molecule has 2 aromatic heterocycles. The van der Waals surface area contributed by atoms with Crippen molar-refractivity contribution in [2.75, 3.05) is 12.3 Å². The first-order valence-corrected chi connectivity index (χ1v) is 11.9. The van der Waals surface area contributed by atoms with E-state index in [0.717, 1.165) is 18.4 Å². The molecule has 0 bridgehead atoms. The number of allylic oxidation sites excluding steroid dienone is 1. The van der Waals surface area contributed by atoms with E-state index in [-0.39, 0.29) is 23.3 Å². The summed E-state index contributed by atoms with van der Waals surface area (Å²) in [4.78, 5) is 23.2. The minimum absolute atomic E-state index is 0.130. The highest BCUT2D eigenvalue weighted by molar-refractivity contribution is 5.99. The Labute approximate surface area is 212 Å².